The molecule has 4 unspecified atom stereocenters. The molecule has 1 aliphatic carbocycles. The highest BCUT2D eigenvalue weighted by atomic mass is 16.3. The molecule has 4 atom stereocenters. The molecule has 0 amide bonds. The van der Waals surface area contributed by atoms with E-state index in [1.807, 2.05) is 0 Å². The number of hydrogen-bond acceptors (Lipinski definition) is 2. The van der Waals surface area contributed by atoms with Gasteiger partial charge in [-0.15, -0.1) is 0 Å². The molecule has 0 bridgehead atoms. The minimum Gasteiger partial charge on any atom is -0.388 e. The van der Waals surface area contributed by atoms with E-state index in [4.69, 9.17) is 0 Å². The lowest BCUT2D eigenvalue weighted by molar-refractivity contribution is 0.144. The number of aliphatic hydroxyl groups is 1. The third kappa shape index (κ3) is 2.56. The summed E-state index contributed by atoms with van der Waals surface area (Å²) in [5.41, 5.74) is 3.59. The number of rotatable bonds is 3. The second kappa shape index (κ2) is 5.26. The van der Waals surface area contributed by atoms with Crippen molar-refractivity contribution in [2.75, 3.05) is 6.54 Å². The Hall–Kier alpha value is -0.860. The van der Waals surface area contributed by atoms with Crippen LogP contribution in [0.5, 0.6) is 0 Å². The molecule has 2 nitrogen and oxygen atoms in total. The fourth-order valence-corrected chi connectivity index (χ4v) is 4.13. The molecule has 0 radical (unpaired) electrons. The Labute approximate surface area is 116 Å². The van der Waals surface area contributed by atoms with Crippen LogP contribution in [0.1, 0.15) is 48.5 Å². The lowest BCUT2D eigenvalue weighted by Gasteiger charge is -2.22. The fourth-order valence-electron chi connectivity index (χ4n) is 4.13. The van der Waals surface area contributed by atoms with Crippen molar-refractivity contribution in [2.45, 2.75) is 51.7 Å². The Morgan fingerprint density at radius 3 is 2.95 bits per heavy atom. The molecule has 0 spiro atoms. The highest BCUT2D eigenvalue weighted by Crippen LogP contribution is 2.40. The van der Waals surface area contributed by atoms with Crippen LogP contribution in [-0.4, -0.2) is 17.7 Å². The van der Waals surface area contributed by atoms with Crippen molar-refractivity contribution in [3.8, 4) is 0 Å². The van der Waals surface area contributed by atoms with E-state index in [9.17, 15) is 5.11 Å². The van der Waals surface area contributed by atoms with Crippen LogP contribution in [0.4, 0.5) is 0 Å². The molecule has 2 N–H and O–H groups in total. The van der Waals surface area contributed by atoms with E-state index < -0.39 is 0 Å². The maximum Gasteiger partial charge on any atom is 0.0807 e. The van der Waals surface area contributed by atoms with Gasteiger partial charge in [0.2, 0.25) is 0 Å². The minimum atomic E-state index is -0.322. The van der Waals surface area contributed by atoms with E-state index in [1.54, 1.807) is 0 Å². The maximum atomic E-state index is 10.5. The summed E-state index contributed by atoms with van der Waals surface area (Å²) in [6.45, 7) is 5.37. The van der Waals surface area contributed by atoms with Crippen LogP contribution >= 0.6 is 0 Å². The van der Waals surface area contributed by atoms with Gasteiger partial charge in [0.1, 0.15) is 0 Å². The smallest absolute Gasteiger partial charge is 0.0807 e. The Morgan fingerprint density at radius 1 is 1.32 bits per heavy atom. The van der Waals surface area contributed by atoms with Crippen molar-refractivity contribution < 1.29 is 5.11 Å². The second-order valence-electron chi connectivity index (χ2n) is 6.48. The molecule has 1 aliphatic heterocycles. The van der Waals surface area contributed by atoms with Crippen LogP contribution in [0.2, 0.25) is 0 Å². The van der Waals surface area contributed by atoms with Gasteiger partial charge in [0.05, 0.1) is 6.10 Å². The number of benzene rings is 1. The van der Waals surface area contributed by atoms with Crippen LogP contribution in [0, 0.1) is 25.7 Å². The normalized spacial score (nSPS) is 31.4. The molecule has 2 fully saturated rings. The summed E-state index contributed by atoms with van der Waals surface area (Å²) in [4.78, 5) is 0. The van der Waals surface area contributed by atoms with Gasteiger partial charge >= 0.3 is 0 Å². The van der Waals surface area contributed by atoms with Crippen molar-refractivity contribution >= 4 is 0 Å². The van der Waals surface area contributed by atoms with Crippen molar-refractivity contribution in [1.29, 1.82) is 0 Å². The summed E-state index contributed by atoms with van der Waals surface area (Å²) < 4.78 is 0. The lowest BCUT2D eigenvalue weighted by atomic mass is 9.88. The largest absolute Gasteiger partial charge is 0.388 e. The van der Waals surface area contributed by atoms with Gasteiger partial charge < -0.3 is 10.4 Å². The topological polar surface area (TPSA) is 32.3 Å². The number of fused-ring (bicyclic) bond motifs is 1. The molecular weight excluding hydrogens is 234 g/mol. The Kier molecular flexibility index (Phi) is 3.64. The van der Waals surface area contributed by atoms with Gasteiger partial charge in [0.15, 0.2) is 0 Å². The first-order valence-corrected chi connectivity index (χ1v) is 7.64. The minimum absolute atomic E-state index is 0.322. The molecule has 2 heteroatoms. The molecule has 2 aliphatic rings. The third-order valence-corrected chi connectivity index (χ3v) is 5.14. The molecule has 104 valence electrons. The maximum absolute atomic E-state index is 10.5. The van der Waals surface area contributed by atoms with E-state index in [2.05, 4.69) is 37.4 Å². The predicted molar refractivity (Wildman–Crippen MR) is 78.1 cm³/mol. The van der Waals surface area contributed by atoms with Gasteiger partial charge in [-0.3, -0.25) is 0 Å². The number of nitrogens with one attached hydrogen (secondary N) is 1. The Balaban J connectivity index is 1.69. The number of aryl methyl sites for hydroxylation is 2. The molecule has 19 heavy (non-hydrogen) atoms. The predicted octanol–water partition coefficient (Wildman–Crippen LogP) is 3.12. The molecule has 3 rings (SSSR count). The van der Waals surface area contributed by atoms with E-state index in [-0.39, 0.29) is 6.10 Å². The second-order valence-corrected chi connectivity index (χ2v) is 6.48. The SMILES string of the molecule is Cc1ccc(C(O)CC2NCC3CCCC32)c(C)c1. The summed E-state index contributed by atoms with van der Waals surface area (Å²) in [5.74, 6) is 1.68. The zero-order valence-electron chi connectivity index (χ0n) is 12.0. The molecule has 0 aromatic heterocycles. The standard InChI is InChI=1S/C17H25NO/c1-11-6-7-14(12(2)8-11)17(19)9-16-15-5-3-4-13(15)10-18-16/h6-8,13,15-19H,3-5,9-10H2,1-2H3. The monoisotopic (exact) mass is 259 g/mol. The Bertz CT molecular complexity index is 457. The summed E-state index contributed by atoms with van der Waals surface area (Å²) >= 11 is 0. The molecule has 1 saturated heterocycles. The number of hydrogen-bond donors (Lipinski definition) is 2. The molecule has 1 aromatic carbocycles. The summed E-state index contributed by atoms with van der Waals surface area (Å²) in [6.07, 6.45) is 4.66. The van der Waals surface area contributed by atoms with Crippen LogP contribution in [-0.2, 0) is 0 Å². The average Bonchev–Trinajstić information content (AvgIpc) is 2.94. The van der Waals surface area contributed by atoms with E-state index in [0.29, 0.717) is 6.04 Å². The van der Waals surface area contributed by atoms with Crippen molar-refractivity contribution in [2.24, 2.45) is 11.8 Å². The summed E-state index contributed by atoms with van der Waals surface area (Å²) in [6, 6.07) is 6.88. The van der Waals surface area contributed by atoms with Gasteiger partial charge in [-0.2, -0.15) is 0 Å². The van der Waals surface area contributed by atoms with E-state index >= 15 is 0 Å². The van der Waals surface area contributed by atoms with Crippen molar-refractivity contribution in [3.63, 3.8) is 0 Å². The Morgan fingerprint density at radius 2 is 2.16 bits per heavy atom. The van der Waals surface area contributed by atoms with Crippen LogP contribution in [0.3, 0.4) is 0 Å². The van der Waals surface area contributed by atoms with Crippen LogP contribution in [0.15, 0.2) is 18.2 Å². The lowest BCUT2D eigenvalue weighted by Crippen LogP contribution is -2.29. The first-order chi connectivity index (χ1) is 9.15. The highest BCUT2D eigenvalue weighted by Gasteiger charge is 2.39. The molecule has 1 saturated carbocycles. The first-order valence-electron chi connectivity index (χ1n) is 7.64. The van der Waals surface area contributed by atoms with Crippen LogP contribution in [0.25, 0.3) is 0 Å². The first kappa shape index (κ1) is 13.1. The highest BCUT2D eigenvalue weighted by molar-refractivity contribution is 5.32. The van der Waals surface area contributed by atoms with Crippen LogP contribution < -0.4 is 5.32 Å². The average molecular weight is 259 g/mol. The number of aliphatic hydroxyl groups excluding tert-OH is 1. The van der Waals surface area contributed by atoms with Gasteiger partial charge in [-0.05, 0) is 62.6 Å². The quantitative estimate of drug-likeness (QED) is 0.874. The fraction of sp³-hybridized carbons (Fsp3) is 0.647. The summed E-state index contributed by atoms with van der Waals surface area (Å²) in [5, 5.41) is 14.2. The molecular formula is C17H25NO. The molecule has 1 heterocycles. The van der Waals surface area contributed by atoms with Crippen molar-refractivity contribution in [3.05, 3.63) is 34.9 Å². The molecule has 1 aromatic rings. The van der Waals surface area contributed by atoms with E-state index in [1.165, 1.54) is 30.4 Å². The van der Waals surface area contributed by atoms with Gasteiger partial charge in [-0.25, -0.2) is 0 Å². The zero-order chi connectivity index (χ0) is 13.4. The summed E-state index contributed by atoms with van der Waals surface area (Å²) in [7, 11) is 0. The van der Waals surface area contributed by atoms with E-state index in [0.717, 1.165) is 30.4 Å². The van der Waals surface area contributed by atoms with Gasteiger partial charge in [-0.1, -0.05) is 30.2 Å². The van der Waals surface area contributed by atoms with Gasteiger partial charge in [0, 0.05) is 6.04 Å². The van der Waals surface area contributed by atoms with Crippen molar-refractivity contribution in [1.82, 2.24) is 5.32 Å². The zero-order valence-corrected chi connectivity index (χ0v) is 12.0. The third-order valence-electron chi connectivity index (χ3n) is 5.14. The van der Waals surface area contributed by atoms with Gasteiger partial charge in [0.25, 0.3) is 0 Å².